The molecule has 0 aliphatic rings. The average molecular weight is 338 g/mol. The van der Waals surface area contributed by atoms with Gasteiger partial charge in [0.1, 0.15) is 12.4 Å². The van der Waals surface area contributed by atoms with Crippen molar-refractivity contribution in [3.8, 4) is 5.75 Å². The number of aromatic hydroxyl groups is 1. The van der Waals surface area contributed by atoms with Crippen LogP contribution in [0.4, 0.5) is 4.79 Å². The Morgan fingerprint density at radius 1 is 1.16 bits per heavy atom. The lowest BCUT2D eigenvalue weighted by Gasteiger charge is -2.08. The monoisotopic (exact) mass is 338 g/mol. The summed E-state index contributed by atoms with van der Waals surface area (Å²) in [6, 6.07) is 11.2. The van der Waals surface area contributed by atoms with Crippen LogP contribution in [0.1, 0.15) is 22.3 Å². The molecular weight excluding hydrogens is 316 g/mol. The number of hydrogen-bond donors (Lipinski definition) is 3. The van der Waals surface area contributed by atoms with Gasteiger partial charge in [-0.15, -0.1) is 0 Å². The zero-order chi connectivity index (χ0) is 17.8. The summed E-state index contributed by atoms with van der Waals surface area (Å²) in [5, 5.41) is 13.3. The van der Waals surface area contributed by atoms with Gasteiger partial charge in [-0.3, -0.25) is 0 Å². The summed E-state index contributed by atoms with van der Waals surface area (Å²) < 4.78 is 5.25. The van der Waals surface area contributed by atoms with Crippen molar-refractivity contribution in [1.29, 1.82) is 0 Å². The van der Waals surface area contributed by atoms with Gasteiger partial charge < -0.3 is 20.1 Å². The van der Waals surface area contributed by atoms with E-state index < -0.39 is 6.09 Å². The van der Waals surface area contributed by atoms with Gasteiger partial charge in [0, 0.05) is 23.6 Å². The molecule has 2 aromatic carbocycles. The fourth-order valence-corrected chi connectivity index (χ4v) is 2.77. The number of carbonyl (C=O) groups is 1. The topological polar surface area (TPSA) is 74.3 Å². The van der Waals surface area contributed by atoms with Crippen LogP contribution in [0.15, 0.2) is 42.6 Å². The van der Waals surface area contributed by atoms with Crippen molar-refractivity contribution < 1.29 is 14.6 Å². The molecule has 0 spiro atoms. The normalized spacial score (nSPS) is 10.8. The van der Waals surface area contributed by atoms with Crippen molar-refractivity contribution in [2.24, 2.45) is 0 Å². The second kappa shape index (κ2) is 7.30. The number of rotatable bonds is 5. The Balaban J connectivity index is 1.48. The van der Waals surface area contributed by atoms with Crippen molar-refractivity contribution in [2.45, 2.75) is 26.9 Å². The van der Waals surface area contributed by atoms with Gasteiger partial charge >= 0.3 is 6.09 Å². The number of aromatic amines is 1. The van der Waals surface area contributed by atoms with Crippen LogP contribution in [0, 0.1) is 13.8 Å². The molecule has 0 aliphatic heterocycles. The zero-order valence-corrected chi connectivity index (χ0v) is 14.4. The zero-order valence-electron chi connectivity index (χ0n) is 14.4. The second-order valence-electron chi connectivity index (χ2n) is 6.22. The molecule has 0 saturated heterocycles. The number of hydrogen-bond acceptors (Lipinski definition) is 3. The Morgan fingerprint density at radius 2 is 2.00 bits per heavy atom. The highest BCUT2D eigenvalue weighted by Gasteiger charge is 2.07. The lowest BCUT2D eigenvalue weighted by Crippen LogP contribution is -2.26. The van der Waals surface area contributed by atoms with Crippen molar-refractivity contribution >= 4 is 17.0 Å². The molecule has 1 amide bonds. The van der Waals surface area contributed by atoms with Gasteiger partial charge in [0.25, 0.3) is 0 Å². The third-order valence-corrected chi connectivity index (χ3v) is 4.36. The van der Waals surface area contributed by atoms with Crippen molar-refractivity contribution in [1.82, 2.24) is 10.3 Å². The third-order valence-electron chi connectivity index (χ3n) is 4.36. The predicted molar refractivity (Wildman–Crippen MR) is 97.8 cm³/mol. The van der Waals surface area contributed by atoms with E-state index >= 15 is 0 Å². The first-order chi connectivity index (χ1) is 12.0. The third kappa shape index (κ3) is 4.12. The molecule has 3 aromatic rings. The smallest absolute Gasteiger partial charge is 0.407 e. The Bertz CT molecular complexity index is 899. The largest absolute Gasteiger partial charge is 0.508 e. The molecule has 5 heteroatoms. The maximum atomic E-state index is 11.8. The lowest BCUT2D eigenvalue weighted by atomic mass is 10.1. The summed E-state index contributed by atoms with van der Waals surface area (Å²) >= 11 is 0. The number of aromatic nitrogens is 1. The minimum absolute atomic E-state index is 0.231. The lowest BCUT2D eigenvalue weighted by molar-refractivity contribution is 0.140. The van der Waals surface area contributed by atoms with E-state index in [1.54, 1.807) is 12.1 Å². The first-order valence-electron chi connectivity index (χ1n) is 8.28. The van der Waals surface area contributed by atoms with Gasteiger partial charge in [-0.05, 0) is 60.7 Å². The van der Waals surface area contributed by atoms with Crippen molar-refractivity contribution in [2.75, 3.05) is 6.54 Å². The van der Waals surface area contributed by atoms with Crippen LogP contribution in [0.3, 0.4) is 0 Å². The fraction of sp³-hybridized carbons (Fsp3) is 0.250. The van der Waals surface area contributed by atoms with E-state index in [2.05, 4.69) is 17.2 Å². The van der Waals surface area contributed by atoms with Gasteiger partial charge in [0.15, 0.2) is 0 Å². The van der Waals surface area contributed by atoms with E-state index in [1.165, 1.54) is 11.1 Å². The molecule has 0 saturated carbocycles. The van der Waals surface area contributed by atoms with Crippen molar-refractivity contribution in [3.63, 3.8) is 0 Å². The number of alkyl carbamates (subject to hydrolysis) is 1. The molecule has 5 nitrogen and oxygen atoms in total. The van der Waals surface area contributed by atoms with Gasteiger partial charge in [0.05, 0.1) is 0 Å². The van der Waals surface area contributed by atoms with Crippen molar-refractivity contribution in [3.05, 3.63) is 64.8 Å². The van der Waals surface area contributed by atoms with E-state index in [-0.39, 0.29) is 12.4 Å². The molecule has 0 atom stereocenters. The summed E-state index contributed by atoms with van der Waals surface area (Å²) in [6.45, 7) is 4.82. The average Bonchev–Trinajstić information content (AvgIpc) is 2.98. The number of phenolic OH excluding ortho intramolecular Hbond substituents is 1. The summed E-state index contributed by atoms with van der Waals surface area (Å²) in [4.78, 5) is 15.0. The van der Waals surface area contributed by atoms with Crippen LogP contribution < -0.4 is 5.32 Å². The minimum atomic E-state index is -0.430. The van der Waals surface area contributed by atoms with E-state index in [9.17, 15) is 9.90 Å². The van der Waals surface area contributed by atoms with E-state index in [0.29, 0.717) is 13.0 Å². The van der Waals surface area contributed by atoms with Gasteiger partial charge in [-0.1, -0.05) is 18.2 Å². The molecular formula is C20H22N2O3. The van der Waals surface area contributed by atoms with Crippen LogP contribution >= 0.6 is 0 Å². The summed E-state index contributed by atoms with van der Waals surface area (Å²) in [5.41, 5.74) is 5.39. The molecule has 0 aliphatic carbocycles. The van der Waals surface area contributed by atoms with Crippen LogP contribution in [-0.2, 0) is 17.8 Å². The standard InChI is InChI=1S/C20H22N2O3/c1-13-3-4-15(9-14(13)2)12-25-20(24)21-8-7-16-11-22-19-6-5-17(23)10-18(16)19/h3-6,9-11,22-23H,7-8,12H2,1-2H3,(H,21,24). The number of benzene rings is 2. The molecule has 0 unspecified atom stereocenters. The van der Waals surface area contributed by atoms with Crippen LogP contribution in [0.2, 0.25) is 0 Å². The summed E-state index contributed by atoms with van der Waals surface area (Å²) in [7, 11) is 0. The number of aryl methyl sites for hydroxylation is 2. The van der Waals surface area contributed by atoms with Crippen LogP contribution in [-0.4, -0.2) is 22.7 Å². The molecule has 25 heavy (non-hydrogen) atoms. The molecule has 0 radical (unpaired) electrons. The summed E-state index contributed by atoms with van der Waals surface area (Å²) in [5.74, 6) is 0.231. The Hall–Kier alpha value is -2.95. The number of carbonyl (C=O) groups excluding carboxylic acids is 1. The number of nitrogens with one attached hydrogen (secondary N) is 2. The highest BCUT2D eigenvalue weighted by atomic mass is 16.5. The van der Waals surface area contributed by atoms with E-state index in [4.69, 9.17) is 4.74 Å². The number of phenols is 1. The minimum Gasteiger partial charge on any atom is -0.508 e. The maximum absolute atomic E-state index is 11.8. The SMILES string of the molecule is Cc1ccc(COC(=O)NCCc2c[nH]c3ccc(O)cc23)cc1C. The van der Waals surface area contributed by atoms with Gasteiger partial charge in [0.2, 0.25) is 0 Å². The Kier molecular flexibility index (Phi) is 4.93. The first-order valence-corrected chi connectivity index (χ1v) is 8.28. The van der Waals surface area contributed by atoms with E-state index in [0.717, 1.165) is 22.0 Å². The molecule has 130 valence electrons. The second-order valence-corrected chi connectivity index (χ2v) is 6.22. The molecule has 0 bridgehead atoms. The number of amides is 1. The molecule has 0 fully saturated rings. The first kappa shape index (κ1) is 16.9. The maximum Gasteiger partial charge on any atom is 0.407 e. The highest BCUT2D eigenvalue weighted by Crippen LogP contribution is 2.23. The number of H-pyrrole nitrogens is 1. The number of fused-ring (bicyclic) bond motifs is 1. The van der Waals surface area contributed by atoms with Crippen LogP contribution in [0.25, 0.3) is 10.9 Å². The summed E-state index contributed by atoms with van der Waals surface area (Å²) in [6.07, 6.45) is 2.12. The molecule has 1 heterocycles. The quantitative estimate of drug-likeness (QED) is 0.659. The van der Waals surface area contributed by atoms with Crippen LogP contribution in [0.5, 0.6) is 5.75 Å². The predicted octanol–water partition coefficient (Wildman–Crippen LogP) is 3.96. The fourth-order valence-electron chi connectivity index (χ4n) is 2.77. The number of ether oxygens (including phenoxy) is 1. The molecule has 3 rings (SSSR count). The molecule has 3 N–H and O–H groups in total. The highest BCUT2D eigenvalue weighted by molar-refractivity contribution is 5.84. The van der Waals surface area contributed by atoms with Gasteiger partial charge in [-0.2, -0.15) is 0 Å². The Labute approximate surface area is 146 Å². The molecule has 1 aromatic heterocycles. The Morgan fingerprint density at radius 3 is 2.80 bits per heavy atom. The van der Waals surface area contributed by atoms with E-state index in [1.807, 2.05) is 37.4 Å². The van der Waals surface area contributed by atoms with Gasteiger partial charge in [-0.25, -0.2) is 4.79 Å².